The molecule has 0 aliphatic rings. The first-order valence-electron chi connectivity index (χ1n) is 7.09. The number of anilines is 1. The van der Waals surface area contributed by atoms with Crippen molar-refractivity contribution in [2.45, 2.75) is 6.42 Å². The van der Waals surface area contributed by atoms with Crippen molar-refractivity contribution in [3.63, 3.8) is 0 Å². The van der Waals surface area contributed by atoms with E-state index in [-0.39, 0.29) is 0 Å². The Labute approximate surface area is 133 Å². The minimum atomic E-state index is 0.826. The van der Waals surface area contributed by atoms with Crippen LogP contribution in [0.25, 0.3) is 11.3 Å². The van der Waals surface area contributed by atoms with Gasteiger partial charge >= 0.3 is 0 Å². The third-order valence-corrected chi connectivity index (χ3v) is 4.16. The Kier molecular flexibility index (Phi) is 4.65. The molecule has 112 valence electrons. The molecule has 1 aromatic carbocycles. The zero-order valence-electron chi connectivity index (χ0n) is 12.3. The average Bonchev–Trinajstić information content (AvgIpc) is 3.05. The number of ether oxygens (including phenoxy) is 1. The predicted octanol–water partition coefficient (Wildman–Crippen LogP) is 3.87. The minimum Gasteiger partial charge on any atom is -0.497 e. The van der Waals surface area contributed by atoms with Crippen LogP contribution in [0.4, 0.5) is 5.82 Å². The summed E-state index contributed by atoms with van der Waals surface area (Å²) in [5.74, 6) is 1.76. The molecule has 5 heteroatoms. The van der Waals surface area contributed by atoms with Crippen molar-refractivity contribution in [2.75, 3.05) is 19.0 Å². The van der Waals surface area contributed by atoms with Crippen molar-refractivity contribution in [3.05, 3.63) is 59.0 Å². The molecule has 3 rings (SSSR count). The number of methoxy groups -OCH3 is 1. The molecule has 0 aliphatic heterocycles. The maximum Gasteiger partial charge on any atom is 0.125 e. The quantitative estimate of drug-likeness (QED) is 0.751. The van der Waals surface area contributed by atoms with Gasteiger partial charge in [-0.3, -0.25) is 0 Å². The van der Waals surface area contributed by atoms with Gasteiger partial charge in [-0.15, -0.1) is 11.3 Å². The monoisotopic (exact) mass is 311 g/mol. The zero-order valence-corrected chi connectivity index (χ0v) is 13.1. The van der Waals surface area contributed by atoms with Crippen LogP contribution in [0.3, 0.4) is 0 Å². The summed E-state index contributed by atoms with van der Waals surface area (Å²) in [6.07, 6.45) is 2.67. The summed E-state index contributed by atoms with van der Waals surface area (Å²) < 4.78 is 5.17. The molecule has 0 unspecified atom stereocenters. The van der Waals surface area contributed by atoms with Crippen LogP contribution in [0.15, 0.2) is 54.0 Å². The lowest BCUT2D eigenvalue weighted by Crippen LogP contribution is -2.05. The van der Waals surface area contributed by atoms with Crippen molar-refractivity contribution < 1.29 is 4.74 Å². The van der Waals surface area contributed by atoms with Gasteiger partial charge in [0.05, 0.1) is 17.8 Å². The fourth-order valence-electron chi connectivity index (χ4n) is 2.08. The lowest BCUT2D eigenvalue weighted by molar-refractivity contribution is 0.415. The van der Waals surface area contributed by atoms with Gasteiger partial charge in [-0.25, -0.2) is 9.97 Å². The lowest BCUT2D eigenvalue weighted by Gasteiger charge is -2.03. The minimum absolute atomic E-state index is 0.826. The number of nitrogens with one attached hydrogen (secondary N) is 1. The summed E-state index contributed by atoms with van der Waals surface area (Å²) in [5.41, 5.74) is 2.13. The smallest absolute Gasteiger partial charge is 0.125 e. The Hall–Kier alpha value is -2.40. The number of hydrogen-bond acceptors (Lipinski definition) is 5. The molecule has 0 saturated carbocycles. The predicted molar refractivity (Wildman–Crippen MR) is 90.5 cm³/mol. The van der Waals surface area contributed by atoms with Crippen molar-refractivity contribution in [1.29, 1.82) is 0 Å². The van der Waals surface area contributed by atoms with Gasteiger partial charge in [-0.2, -0.15) is 0 Å². The van der Waals surface area contributed by atoms with Gasteiger partial charge in [0.1, 0.15) is 11.6 Å². The SMILES string of the molecule is COc1ccc(-c2csc(CCNc3ccccn3)n2)cc1. The van der Waals surface area contributed by atoms with E-state index in [4.69, 9.17) is 4.74 Å². The van der Waals surface area contributed by atoms with E-state index in [9.17, 15) is 0 Å². The first-order chi connectivity index (χ1) is 10.8. The van der Waals surface area contributed by atoms with Gasteiger partial charge in [0, 0.05) is 30.1 Å². The van der Waals surface area contributed by atoms with E-state index in [0.29, 0.717) is 0 Å². The zero-order chi connectivity index (χ0) is 15.2. The maximum absolute atomic E-state index is 5.17. The number of nitrogens with zero attached hydrogens (tertiary/aromatic N) is 2. The second kappa shape index (κ2) is 7.04. The molecular weight excluding hydrogens is 294 g/mol. The van der Waals surface area contributed by atoms with Crippen LogP contribution >= 0.6 is 11.3 Å². The molecule has 1 N–H and O–H groups in total. The Morgan fingerprint density at radius 1 is 1.14 bits per heavy atom. The fraction of sp³-hybridized carbons (Fsp3) is 0.176. The number of rotatable bonds is 6. The second-order valence-electron chi connectivity index (χ2n) is 4.75. The van der Waals surface area contributed by atoms with E-state index in [1.54, 1.807) is 24.6 Å². The van der Waals surface area contributed by atoms with Crippen LogP contribution in [0.5, 0.6) is 5.75 Å². The van der Waals surface area contributed by atoms with Crippen LogP contribution in [-0.4, -0.2) is 23.6 Å². The highest BCUT2D eigenvalue weighted by molar-refractivity contribution is 7.09. The first-order valence-corrected chi connectivity index (χ1v) is 7.97. The van der Waals surface area contributed by atoms with Gasteiger partial charge < -0.3 is 10.1 Å². The molecule has 0 saturated heterocycles. The topological polar surface area (TPSA) is 47.0 Å². The Morgan fingerprint density at radius 2 is 2.00 bits per heavy atom. The standard InChI is InChI=1S/C17H17N3OS/c1-21-14-7-5-13(6-8-14)15-12-22-17(20-15)9-11-19-16-4-2-3-10-18-16/h2-8,10,12H,9,11H2,1H3,(H,18,19). The van der Waals surface area contributed by atoms with Crippen LogP contribution in [0.1, 0.15) is 5.01 Å². The van der Waals surface area contributed by atoms with Crippen molar-refractivity contribution >= 4 is 17.2 Å². The summed E-state index contributed by atoms with van der Waals surface area (Å²) in [6, 6.07) is 13.8. The van der Waals surface area contributed by atoms with E-state index < -0.39 is 0 Å². The molecular formula is C17H17N3OS. The third kappa shape index (κ3) is 3.62. The van der Waals surface area contributed by atoms with Gasteiger partial charge in [0.25, 0.3) is 0 Å². The van der Waals surface area contributed by atoms with Gasteiger partial charge in [0.2, 0.25) is 0 Å². The Balaban J connectivity index is 1.58. The molecule has 0 amide bonds. The van der Waals surface area contributed by atoms with Crippen LogP contribution in [0.2, 0.25) is 0 Å². The second-order valence-corrected chi connectivity index (χ2v) is 5.69. The van der Waals surface area contributed by atoms with E-state index >= 15 is 0 Å². The van der Waals surface area contributed by atoms with E-state index in [0.717, 1.165) is 40.8 Å². The van der Waals surface area contributed by atoms with Crippen molar-refractivity contribution in [2.24, 2.45) is 0 Å². The summed E-state index contributed by atoms with van der Waals surface area (Å²) >= 11 is 1.69. The molecule has 22 heavy (non-hydrogen) atoms. The van der Waals surface area contributed by atoms with Crippen molar-refractivity contribution in [3.8, 4) is 17.0 Å². The third-order valence-electron chi connectivity index (χ3n) is 3.25. The summed E-state index contributed by atoms with van der Waals surface area (Å²) in [4.78, 5) is 8.92. The largest absolute Gasteiger partial charge is 0.497 e. The number of hydrogen-bond donors (Lipinski definition) is 1. The highest BCUT2D eigenvalue weighted by Crippen LogP contribution is 2.24. The molecule has 0 radical (unpaired) electrons. The molecule has 0 fully saturated rings. The number of pyridine rings is 1. The molecule has 4 nitrogen and oxygen atoms in total. The van der Waals surface area contributed by atoms with E-state index in [1.807, 2.05) is 42.5 Å². The highest BCUT2D eigenvalue weighted by Gasteiger charge is 2.05. The maximum atomic E-state index is 5.17. The lowest BCUT2D eigenvalue weighted by atomic mass is 10.2. The molecule has 2 aromatic heterocycles. The normalized spacial score (nSPS) is 10.4. The van der Waals surface area contributed by atoms with E-state index in [1.165, 1.54) is 0 Å². The first kappa shape index (κ1) is 14.5. The van der Waals surface area contributed by atoms with Gasteiger partial charge in [-0.05, 0) is 36.4 Å². The Bertz CT molecular complexity index is 710. The number of thiazole rings is 1. The van der Waals surface area contributed by atoms with Crippen LogP contribution in [0, 0.1) is 0 Å². The number of benzene rings is 1. The molecule has 0 atom stereocenters. The average molecular weight is 311 g/mol. The van der Waals surface area contributed by atoms with Crippen LogP contribution in [-0.2, 0) is 6.42 Å². The van der Waals surface area contributed by atoms with Gasteiger partial charge in [-0.1, -0.05) is 6.07 Å². The molecule has 0 aliphatic carbocycles. The highest BCUT2D eigenvalue weighted by atomic mass is 32.1. The summed E-state index contributed by atoms with van der Waals surface area (Å²) in [6.45, 7) is 0.826. The summed E-state index contributed by atoms with van der Waals surface area (Å²) in [7, 11) is 1.67. The molecule has 0 spiro atoms. The molecule has 2 heterocycles. The molecule has 0 bridgehead atoms. The molecule has 3 aromatic rings. The van der Waals surface area contributed by atoms with E-state index in [2.05, 4.69) is 20.7 Å². The Morgan fingerprint density at radius 3 is 2.73 bits per heavy atom. The van der Waals surface area contributed by atoms with Crippen molar-refractivity contribution in [1.82, 2.24) is 9.97 Å². The fourth-order valence-corrected chi connectivity index (χ4v) is 2.89. The summed E-state index contributed by atoms with van der Waals surface area (Å²) in [5, 5.41) is 6.51. The van der Waals surface area contributed by atoms with Gasteiger partial charge in [0.15, 0.2) is 0 Å². The number of aromatic nitrogens is 2. The van der Waals surface area contributed by atoms with Crippen LogP contribution < -0.4 is 10.1 Å².